The number of anilines is 3. The van der Waals surface area contributed by atoms with Gasteiger partial charge < -0.3 is 20.3 Å². The predicted molar refractivity (Wildman–Crippen MR) is 101 cm³/mol. The minimum absolute atomic E-state index is 0.319. The van der Waals surface area contributed by atoms with E-state index in [1.165, 1.54) is 12.1 Å². The Hall–Kier alpha value is -2.78. The summed E-state index contributed by atoms with van der Waals surface area (Å²) in [4.78, 5) is 2.18. The van der Waals surface area contributed by atoms with E-state index in [0.29, 0.717) is 40.7 Å². The van der Waals surface area contributed by atoms with E-state index < -0.39 is 0 Å². The molecular formula is C17H16FN5O2S. The number of ether oxygens (including phenoxy) is 1. The van der Waals surface area contributed by atoms with E-state index in [-0.39, 0.29) is 5.82 Å². The molecule has 4 rings (SSSR count). The summed E-state index contributed by atoms with van der Waals surface area (Å²) in [6, 6.07) is 9.89. The van der Waals surface area contributed by atoms with Crippen LogP contribution in [0.2, 0.25) is 0 Å². The number of rotatable bonds is 3. The molecule has 0 unspecified atom stereocenters. The highest BCUT2D eigenvalue weighted by molar-refractivity contribution is 7.80. The smallest absolute Gasteiger partial charge is 0.175 e. The molecule has 1 aromatic heterocycles. The van der Waals surface area contributed by atoms with Gasteiger partial charge >= 0.3 is 0 Å². The fraction of sp³-hybridized carbons (Fsp3) is 0.235. The van der Waals surface area contributed by atoms with Gasteiger partial charge in [0.2, 0.25) is 0 Å². The molecule has 1 saturated heterocycles. The summed E-state index contributed by atoms with van der Waals surface area (Å²) in [6.07, 6.45) is 0. The largest absolute Gasteiger partial charge is 0.378 e. The van der Waals surface area contributed by atoms with Crippen LogP contribution in [-0.4, -0.2) is 41.7 Å². The minimum Gasteiger partial charge on any atom is -0.378 e. The second-order valence-corrected chi connectivity index (χ2v) is 6.19. The summed E-state index contributed by atoms with van der Waals surface area (Å²) in [7, 11) is 0. The molecule has 1 aliphatic rings. The molecule has 0 atom stereocenters. The van der Waals surface area contributed by atoms with Gasteiger partial charge in [0.25, 0.3) is 0 Å². The summed E-state index contributed by atoms with van der Waals surface area (Å²) in [5.41, 5.74) is 3.40. The molecule has 1 aliphatic heterocycles. The van der Waals surface area contributed by atoms with Gasteiger partial charge in [0, 0.05) is 18.8 Å². The molecule has 0 saturated carbocycles. The second-order valence-electron chi connectivity index (χ2n) is 5.78. The summed E-state index contributed by atoms with van der Waals surface area (Å²) >= 11 is 5.31. The van der Waals surface area contributed by atoms with Gasteiger partial charge in [-0.15, -0.1) is 0 Å². The maximum absolute atomic E-state index is 13.3. The lowest BCUT2D eigenvalue weighted by Gasteiger charge is -2.28. The van der Waals surface area contributed by atoms with Crippen LogP contribution in [0.5, 0.6) is 0 Å². The van der Waals surface area contributed by atoms with Gasteiger partial charge in [-0.3, -0.25) is 0 Å². The highest BCUT2D eigenvalue weighted by Gasteiger charge is 2.19. The molecule has 2 aromatic carbocycles. The predicted octanol–water partition coefficient (Wildman–Crippen LogP) is 3.01. The van der Waals surface area contributed by atoms with Crippen molar-refractivity contribution in [3.63, 3.8) is 0 Å². The zero-order chi connectivity index (χ0) is 17.9. The number of nitrogens with zero attached hydrogens (tertiary/aromatic N) is 3. The topological polar surface area (TPSA) is 75.5 Å². The third-order valence-corrected chi connectivity index (χ3v) is 4.28. The van der Waals surface area contributed by atoms with Crippen LogP contribution in [0.15, 0.2) is 41.0 Å². The molecule has 9 heteroatoms. The summed E-state index contributed by atoms with van der Waals surface area (Å²) in [5.74, 6) is -0.337. The Morgan fingerprint density at radius 3 is 2.69 bits per heavy atom. The number of aromatic nitrogens is 2. The van der Waals surface area contributed by atoms with Gasteiger partial charge in [-0.25, -0.2) is 9.02 Å². The normalized spacial score (nSPS) is 14.4. The van der Waals surface area contributed by atoms with Gasteiger partial charge in [0.1, 0.15) is 5.82 Å². The second kappa shape index (κ2) is 7.22. The lowest BCUT2D eigenvalue weighted by Crippen LogP contribution is -2.36. The zero-order valence-electron chi connectivity index (χ0n) is 13.7. The molecule has 0 aliphatic carbocycles. The number of fused-ring (bicyclic) bond motifs is 1. The van der Waals surface area contributed by atoms with Gasteiger partial charge in [0.15, 0.2) is 16.1 Å². The van der Waals surface area contributed by atoms with E-state index in [4.69, 9.17) is 21.6 Å². The number of benzene rings is 2. The van der Waals surface area contributed by atoms with E-state index in [2.05, 4.69) is 25.8 Å². The third-order valence-electron chi connectivity index (χ3n) is 4.08. The average Bonchev–Trinajstić information content (AvgIpc) is 3.13. The number of halogens is 1. The molecule has 2 N–H and O–H groups in total. The molecule has 7 nitrogen and oxygen atoms in total. The Morgan fingerprint density at radius 1 is 1.08 bits per heavy atom. The minimum atomic E-state index is -0.337. The van der Waals surface area contributed by atoms with Crippen molar-refractivity contribution in [3.05, 3.63) is 42.2 Å². The van der Waals surface area contributed by atoms with Crippen LogP contribution in [0.3, 0.4) is 0 Å². The van der Waals surface area contributed by atoms with Crippen molar-refractivity contribution in [3.8, 4) is 0 Å². The van der Waals surface area contributed by atoms with Crippen LogP contribution in [0.25, 0.3) is 11.0 Å². The quantitative estimate of drug-likeness (QED) is 0.679. The monoisotopic (exact) mass is 373 g/mol. The van der Waals surface area contributed by atoms with Crippen molar-refractivity contribution in [2.75, 3.05) is 41.8 Å². The molecule has 2 heterocycles. The highest BCUT2D eigenvalue weighted by atomic mass is 32.1. The van der Waals surface area contributed by atoms with Crippen molar-refractivity contribution < 1.29 is 13.8 Å². The number of hydrogen-bond donors (Lipinski definition) is 2. The Morgan fingerprint density at radius 2 is 1.88 bits per heavy atom. The van der Waals surface area contributed by atoms with Crippen LogP contribution >= 0.6 is 12.2 Å². The van der Waals surface area contributed by atoms with E-state index >= 15 is 0 Å². The molecular weight excluding hydrogens is 357 g/mol. The summed E-state index contributed by atoms with van der Waals surface area (Å²) < 4.78 is 23.6. The number of morpholine rings is 1. The van der Waals surface area contributed by atoms with Gasteiger partial charge in [0.05, 0.1) is 24.6 Å². The number of thiocarbonyl (C=S) groups is 1. The first kappa shape index (κ1) is 16.7. The van der Waals surface area contributed by atoms with Crippen LogP contribution in [0.4, 0.5) is 21.5 Å². The Balaban J connectivity index is 1.55. The fourth-order valence-electron chi connectivity index (χ4n) is 2.86. The molecule has 0 spiro atoms. The van der Waals surface area contributed by atoms with Crippen molar-refractivity contribution >= 4 is 45.4 Å². The Kier molecular flexibility index (Phi) is 4.63. The molecule has 134 valence electrons. The van der Waals surface area contributed by atoms with Crippen LogP contribution < -0.4 is 15.5 Å². The van der Waals surface area contributed by atoms with Crippen LogP contribution in [0, 0.1) is 5.82 Å². The van der Waals surface area contributed by atoms with E-state index in [0.717, 1.165) is 18.8 Å². The summed E-state index contributed by atoms with van der Waals surface area (Å²) in [5, 5.41) is 14.4. The van der Waals surface area contributed by atoms with Gasteiger partial charge in [-0.2, -0.15) is 0 Å². The molecule has 0 bridgehead atoms. The first-order valence-corrected chi connectivity index (χ1v) is 8.53. The molecule has 0 amide bonds. The highest BCUT2D eigenvalue weighted by Crippen LogP contribution is 2.30. The molecule has 1 fully saturated rings. The Bertz CT molecular complexity index is 942. The molecule has 26 heavy (non-hydrogen) atoms. The lowest BCUT2D eigenvalue weighted by atomic mass is 10.2. The molecule has 3 aromatic rings. The van der Waals surface area contributed by atoms with Crippen LogP contribution in [0.1, 0.15) is 0 Å². The average molecular weight is 373 g/mol. The number of nitrogens with one attached hydrogen (secondary N) is 2. The van der Waals surface area contributed by atoms with E-state index in [1.54, 1.807) is 12.1 Å². The fourth-order valence-corrected chi connectivity index (χ4v) is 3.09. The van der Waals surface area contributed by atoms with Crippen LogP contribution in [-0.2, 0) is 4.74 Å². The Labute approximate surface area is 154 Å². The number of hydrogen-bond acceptors (Lipinski definition) is 6. The first-order valence-electron chi connectivity index (χ1n) is 8.12. The van der Waals surface area contributed by atoms with Crippen molar-refractivity contribution in [1.82, 2.24) is 10.3 Å². The SMILES string of the molecule is Fc1cccc(NC(=S)Nc2ccc(N3CCOCC3)c3nonc23)c1. The van der Waals surface area contributed by atoms with E-state index in [1.807, 2.05) is 12.1 Å². The molecule has 0 radical (unpaired) electrons. The van der Waals surface area contributed by atoms with Crippen molar-refractivity contribution in [2.24, 2.45) is 0 Å². The lowest BCUT2D eigenvalue weighted by molar-refractivity contribution is 0.123. The van der Waals surface area contributed by atoms with Gasteiger partial charge in [-0.05, 0) is 52.9 Å². The van der Waals surface area contributed by atoms with Crippen molar-refractivity contribution in [1.29, 1.82) is 0 Å². The summed E-state index contributed by atoms with van der Waals surface area (Å²) in [6.45, 7) is 2.92. The van der Waals surface area contributed by atoms with E-state index in [9.17, 15) is 4.39 Å². The maximum atomic E-state index is 13.3. The maximum Gasteiger partial charge on any atom is 0.175 e. The first-order chi connectivity index (χ1) is 12.7. The van der Waals surface area contributed by atoms with Gasteiger partial charge in [-0.1, -0.05) is 6.07 Å². The van der Waals surface area contributed by atoms with Crippen molar-refractivity contribution in [2.45, 2.75) is 0 Å². The zero-order valence-corrected chi connectivity index (χ0v) is 14.6. The standard InChI is InChI=1S/C17H16FN5O2S/c18-11-2-1-3-12(10-11)19-17(26)20-13-4-5-14(16-15(13)21-25-22-16)23-6-8-24-9-7-23/h1-5,10H,6-9H2,(H2,19,20,26). The third kappa shape index (κ3) is 3.44.